The second kappa shape index (κ2) is 7.57. The molecular formula is C20H20F2N6O. The summed E-state index contributed by atoms with van der Waals surface area (Å²) < 4.78 is 28.1. The number of halogens is 2. The number of likely N-dealkylation sites (N-methyl/N-ethyl adjacent to an activating group) is 1. The minimum Gasteiger partial charge on any atom is -0.346 e. The van der Waals surface area contributed by atoms with E-state index >= 15 is 0 Å². The fourth-order valence-corrected chi connectivity index (χ4v) is 3.19. The van der Waals surface area contributed by atoms with Crippen LogP contribution in [0, 0.1) is 11.6 Å². The van der Waals surface area contributed by atoms with Gasteiger partial charge in [0.2, 0.25) is 5.91 Å². The van der Waals surface area contributed by atoms with Gasteiger partial charge in [0.15, 0.2) is 17.5 Å². The highest BCUT2D eigenvalue weighted by Gasteiger charge is 2.28. The monoisotopic (exact) mass is 398 g/mol. The number of aromatic nitrogens is 4. The smallest absolute Gasteiger partial charge is 0.246 e. The zero-order valence-corrected chi connectivity index (χ0v) is 16.1. The first-order valence-electron chi connectivity index (χ1n) is 9.25. The van der Waals surface area contributed by atoms with Crippen LogP contribution < -0.4 is 10.2 Å². The summed E-state index contributed by atoms with van der Waals surface area (Å²) in [6.07, 6.45) is 6.54. The minimum atomic E-state index is -0.866. The number of nitrogens with one attached hydrogen (secondary N) is 1. The molecule has 3 heterocycles. The molecule has 0 bridgehead atoms. The highest BCUT2D eigenvalue weighted by atomic mass is 19.2. The summed E-state index contributed by atoms with van der Waals surface area (Å²) in [4.78, 5) is 22.6. The Labute approximate surface area is 166 Å². The van der Waals surface area contributed by atoms with Crippen LogP contribution in [0.15, 0.2) is 36.8 Å². The molecule has 3 aromatic rings. The van der Waals surface area contributed by atoms with Crippen molar-refractivity contribution in [2.45, 2.75) is 32.4 Å². The molecule has 29 heavy (non-hydrogen) atoms. The lowest BCUT2D eigenvalue weighted by molar-refractivity contribution is -0.117. The van der Waals surface area contributed by atoms with Gasteiger partial charge in [-0.05, 0) is 36.6 Å². The average molecular weight is 398 g/mol. The Morgan fingerprint density at radius 3 is 2.76 bits per heavy atom. The summed E-state index contributed by atoms with van der Waals surface area (Å²) >= 11 is 0. The van der Waals surface area contributed by atoms with Gasteiger partial charge < -0.3 is 10.2 Å². The van der Waals surface area contributed by atoms with Gasteiger partial charge in [-0.2, -0.15) is 5.10 Å². The van der Waals surface area contributed by atoms with E-state index in [-0.39, 0.29) is 11.9 Å². The van der Waals surface area contributed by atoms with E-state index in [0.717, 1.165) is 11.6 Å². The van der Waals surface area contributed by atoms with E-state index in [9.17, 15) is 13.6 Å². The number of hydrogen-bond acceptors (Lipinski definition) is 5. The van der Waals surface area contributed by atoms with Gasteiger partial charge in [-0.3, -0.25) is 9.48 Å². The maximum absolute atomic E-state index is 13.3. The fourth-order valence-electron chi connectivity index (χ4n) is 3.19. The Morgan fingerprint density at radius 2 is 1.97 bits per heavy atom. The van der Waals surface area contributed by atoms with Crippen molar-refractivity contribution in [2.75, 3.05) is 17.3 Å². The predicted molar refractivity (Wildman–Crippen MR) is 104 cm³/mol. The Hall–Kier alpha value is -3.36. The largest absolute Gasteiger partial charge is 0.346 e. The number of anilines is 2. The summed E-state index contributed by atoms with van der Waals surface area (Å²) in [5.41, 5.74) is 2.23. The number of rotatable bonds is 5. The Morgan fingerprint density at radius 1 is 1.14 bits per heavy atom. The molecule has 150 valence electrons. The van der Waals surface area contributed by atoms with Crippen LogP contribution in [0.25, 0.3) is 0 Å². The van der Waals surface area contributed by atoms with Crippen LogP contribution in [-0.2, 0) is 24.2 Å². The first-order valence-corrected chi connectivity index (χ1v) is 9.25. The molecule has 1 amide bonds. The maximum Gasteiger partial charge on any atom is 0.246 e. The topological polar surface area (TPSA) is 75.9 Å². The van der Waals surface area contributed by atoms with Crippen LogP contribution in [0.4, 0.5) is 20.3 Å². The van der Waals surface area contributed by atoms with Crippen LogP contribution in [0.3, 0.4) is 0 Å². The molecule has 0 radical (unpaired) electrons. The summed E-state index contributed by atoms with van der Waals surface area (Å²) in [5.74, 6) is -0.428. The van der Waals surface area contributed by atoms with Crippen molar-refractivity contribution in [3.05, 3.63) is 65.4 Å². The van der Waals surface area contributed by atoms with Gasteiger partial charge in [0.05, 0.1) is 18.9 Å². The van der Waals surface area contributed by atoms with Gasteiger partial charge in [-0.25, -0.2) is 18.7 Å². The number of hydrogen-bond donors (Lipinski definition) is 1. The van der Waals surface area contributed by atoms with E-state index in [1.165, 1.54) is 12.1 Å². The highest BCUT2D eigenvalue weighted by Crippen LogP contribution is 2.28. The summed E-state index contributed by atoms with van der Waals surface area (Å²) in [5, 5.41) is 7.09. The first kappa shape index (κ1) is 19.0. The molecule has 7 nitrogen and oxygen atoms in total. The van der Waals surface area contributed by atoms with Crippen LogP contribution in [0.2, 0.25) is 0 Å². The maximum atomic E-state index is 13.3. The van der Waals surface area contributed by atoms with Crippen LogP contribution in [-0.4, -0.2) is 38.7 Å². The lowest BCUT2D eigenvalue weighted by Crippen LogP contribution is -2.44. The average Bonchev–Trinajstić information content (AvgIpc) is 3.15. The Balaban J connectivity index is 1.41. The zero-order valence-electron chi connectivity index (χ0n) is 16.1. The molecule has 2 aromatic heterocycles. The van der Waals surface area contributed by atoms with Crippen LogP contribution in [0.5, 0.6) is 0 Å². The standard InChI is InChI=1S/C20H20F2N6O/c1-12-20(29)25-17-9-23-18(26-19(17)27(12)2)6-4-14-8-24-28(11-14)10-13-3-5-15(21)16(22)7-13/h3,5,7-9,11-12H,4,6,10H2,1-2H3,(H,25,29)/t12-/m0/s1. The third kappa shape index (κ3) is 3.94. The number of fused-ring (bicyclic) bond motifs is 1. The van der Waals surface area contributed by atoms with Crippen molar-refractivity contribution in [3.63, 3.8) is 0 Å². The summed E-state index contributed by atoms with van der Waals surface area (Å²) in [6, 6.07) is 3.54. The van der Waals surface area contributed by atoms with Crippen LogP contribution >= 0.6 is 0 Å². The molecular weight excluding hydrogens is 378 g/mol. The molecule has 1 aromatic carbocycles. The van der Waals surface area contributed by atoms with Crippen molar-refractivity contribution in [1.29, 1.82) is 0 Å². The molecule has 1 aliphatic heterocycles. The zero-order chi connectivity index (χ0) is 20.5. The molecule has 0 saturated heterocycles. The van der Waals surface area contributed by atoms with Gasteiger partial charge in [0.1, 0.15) is 17.6 Å². The molecule has 1 atom stereocenters. The molecule has 4 rings (SSSR count). The van der Waals surface area contributed by atoms with Crippen molar-refractivity contribution in [2.24, 2.45) is 0 Å². The first-order chi connectivity index (χ1) is 13.9. The summed E-state index contributed by atoms with van der Waals surface area (Å²) in [6.45, 7) is 2.18. The predicted octanol–water partition coefficient (Wildman–Crippen LogP) is 2.56. The number of carbonyl (C=O) groups is 1. The molecule has 1 N–H and O–H groups in total. The number of carbonyl (C=O) groups excluding carboxylic acids is 1. The van der Waals surface area contributed by atoms with Crippen LogP contribution in [0.1, 0.15) is 23.9 Å². The molecule has 0 unspecified atom stereocenters. The van der Waals surface area contributed by atoms with Crippen molar-refractivity contribution in [3.8, 4) is 0 Å². The van der Waals surface area contributed by atoms with Crippen molar-refractivity contribution in [1.82, 2.24) is 19.7 Å². The van der Waals surface area contributed by atoms with Gasteiger partial charge in [-0.1, -0.05) is 6.07 Å². The Kier molecular flexibility index (Phi) is 4.96. The van der Waals surface area contributed by atoms with Crippen molar-refractivity contribution >= 4 is 17.4 Å². The molecule has 0 fully saturated rings. The normalized spacial score (nSPS) is 15.9. The lowest BCUT2D eigenvalue weighted by atomic mass is 10.1. The van der Waals surface area contributed by atoms with Gasteiger partial charge in [-0.15, -0.1) is 0 Å². The fraction of sp³-hybridized carbons (Fsp3) is 0.300. The SMILES string of the molecule is C[C@H]1C(=O)Nc2cnc(CCc3cnn(Cc4ccc(F)c(F)c4)c3)nc2N1C. The van der Waals surface area contributed by atoms with Crippen molar-refractivity contribution < 1.29 is 13.6 Å². The molecule has 9 heteroatoms. The third-order valence-corrected chi connectivity index (χ3v) is 5.02. The summed E-state index contributed by atoms with van der Waals surface area (Å²) in [7, 11) is 1.83. The lowest BCUT2D eigenvalue weighted by Gasteiger charge is -2.31. The molecule has 0 saturated carbocycles. The van der Waals surface area contributed by atoms with E-state index in [4.69, 9.17) is 0 Å². The second-order valence-corrected chi connectivity index (χ2v) is 7.09. The third-order valence-electron chi connectivity index (χ3n) is 5.02. The van der Waals surface area contributed by atoms with E-state index in [2.05, 4.69) is 20.4 Å². The molecule has 0 aliphatic carbocycles. The Bertz CT molecular complexity index is 1070. The van der Waals surface area contributed by atoms with E-state index in [1.54, 1.807) is 17.1 Å². The number of amides is 1. The number of aryl methyl sites for hydroxylation is 2. The second-order valence-electron chi connectivity index (χ2n) is 7.09. The number of benzene rings is 1. The van der Waals surface area contributed by atoms with E-state index in [0.29, 0.717) is 42.3 Å². The van der Waals surface area contributed by atoms with E-state index < -0.39 is 11.6 Å². The minimum absolute atomic E-state index is 0.0789. The van der Waals surface area contributed by atoms with Gasteiger partial charge in [0.25, 0.3) is 0 Å². The molecule has 0 spiro atoms. The number of nitrogens with zero attached hydrogens (tertiary/aromatic N) is 5. The van der Waals surface area contributed by atoms with Gasteiger partial charge >= 0.3 is 0 Å². The molecule has 1 aliphatic rings. The van der Waals surface area contributed by atoms with Gasteiger partial charge in [0, 0.05) is 19.7 Å². The van der Waals surface area contributed by atoms with E-state index in [1.807, 2.05) is 25.1 Å². The quantitative estimate of drug-likeness (QED) is 0.715. The highest BCUT2D eigenvalue weighted by molar-refractivity contribution is 6.02.